The monoisotopic (exact) mass is 337 g/mol. The van der Waals surface area contributed by atoms with Crippen molar-refractivity contribution >= 4 is 23.2 Å². The van der Waals surface area contributed by atoms with Gasteiger partial charge in [0.05, 0.1) is 18.7 Å². The predicted molar refractivity (Wildman–Crippen MR) is 95.2 cm³/mol. The normalized spacial score (nSPS) is 10.5. The number of amides is 2. The number of nitrogens with zero attached hydrogens (tertiary/aromatic N) is 1. The highest BCUT2D eigenvalue weighted by molar-refractivity contribution is 6.14. The van der Waals surface area contributed by atoms with Crippen LogP contribution in [-0.4, -0.2) is 18.9 Å². The summed E-state index contributed by atoms with van der Waals surface area (Å²) in [5.41, 5.74) is 0.116. The van der Waals surface area contributed by atoms with Gasteiger partial charge in [0.2, 0.25) is 11.8 Å². The van der Waals surface area contributed by atoms with Crippen LogP contribution < -0.4 is 15.4 Å². The predicted octanol–water partition coefficient (Wildman–Crippen LogP) is 3.17. The number of nitriles is 1. The van der Waals surface area contributed by atoms with E-state index >= 15 is 0 Å². The second kappa shape index (κ2) is 7.49. The van der Waals surface area contributed by atoms with Gasteiger partial charge >= 0.3 is 0 Å². The van der Waals surface area contributed by atoms with Crippen molar-refractivity contribution in [1.29, 1.82) is 5.26 Å². The second-order valence-electron chi connectivity index (χ2n) is 5.96. The van der Waals surface area contributed by atoms with Crippen molar-refractivity contribution in [2.24, 2.45) is 5.41 Å². The summed E-state index contributed by atoms with van der Waals surface area (Å²) in [5.74, 6) is -0.314. The van der Waals surface area contributed by atoms with E-state index in [-0.39, 0.29) is 0 Å². The molecule has 0 aliphatic rings. The SMILES string of the molecule is COc1cccc(NC(=O)C(C)(C)C(=O)Nc2cccc(C#N)c2)c1. The molecule has 25 heavy (non-hydrogen) atoms. The van der Waals surface area contributed by atoms with Gasteiger partial charge in [-0.1, -0.05) is 12.1 Å². The number of carbonyl (C=O) groups is 2. The van der Waals surface area contributed by atoms with E-state index in [0.717, 1.165) is 0 Å². The number of carbonyl (C=O) groups excluding carboxylic acids is 2. The quantitative estimate of drug-likeness (QED) is 0.820. The molecule has 0 atom stereocenters. The number of methoxy groups -OCH3 is 1. The van der Waals surface area contributed by atoms with Crippen LogP contribution in [0.5, 0.6) is 5.75 Å². The fourth-order valence-electron chi connectivity index (χ4n) is 2.05. The average molecular weight is 337 g/mol. The Morgan fingerprint density at radius 1 is 1.00 bits per heavy atom. The van der Waals surface area contributed by atoms with Gasteiger partial charge in [-0.15, -0.1) is 0 Å². The minimum Gasteiger partial charge on any atom is -0.497 e. The zero-order valence-electron chi connectivity index (χ0n) is 14.3. The van der Waals surface area contributed by atoms with Crippen molar-refractivity contribution in [3.8, 4) is 11.8 Å². The lowest BCUT2D eigenvalue weighted by Gasteiger charge is -2.23. The maximum atomic E-state index is 12.5. The molecule has 6 heteroatoms. The Hall–Kier alpha value is -3.33. The third-order valence-corrected chi connectivity index (χ3v) is 3.71. The first-order valence-corrected chi connectivity index (χ1v) is 7.64. The molecule has 0 saturated heterocycles. The highest BCUT2D eigenvalue weighted by Gasteiger charge is 2.36. The molecule has 0 aliphatic carbocycles. The van der Waals surface area contributed by atoms with Crippen LogP contribution in [0.2, 0.25) is 0 Å². The summed E-state index contributed by atoms with van der Waals surface area (Å²) in [6, 6.07) is 15.4. The first kappa shape index (κ1) is 18.0. The Kier molecular flexibility index (Phi) is 5.40. The molecular weight excluding hydrogens is 318 g/mol. The third-order valence-electron chi connectivity index (χ3n) is 3.71. The van der Waals surface area contributed by atoms with Gasteiger partial charge in [-0.2, -0.15) is 5.26 Å². The van der Waals surface area contributed by atoms with E-state index in [1.807, 2.05) is 6.07 Å². The Morgan fingerprint density at radius 2 is 1.56 bits per heavy atom. The highest BCUT2D eigenvalue weighted by atomic mass is 16.5. The van der Waals surface area contributed by atoms with Crippen LogP contribution in [-0.2, 0) is 9.59 Å². The Morgan fingerprint density at radius 3 is 2.12 bits per heavy atom. The summed E-state index contributed by atoms with van der Waals surface area (Å²) < 4.78 is 5.11. The summed E-state index contributed by atoms with van der Waals surface area (Å²) in [4.78, 5) is 25.0. The first-order valence-electron chi connectivity index (χ1n) is 7.64. The van der Waals surface area contributed by atoms with E-state index in [4.69, 9.17) is 10.00 Å². The molecule has 0 spiro atoms. The molecule has 0 heterocycles. The number of ether oxygens (including phenoxy) is 1. The molecule has 0 bridgehead atoms. The van der Waals surface area contributed by atoms with E-state index in [1.54, 1.807) is 48.5 Å². The van der Waals surface area contributed by atoms with E-state index < -0.39 is 17.2 Å². The van der Waals surface area contributed by atoms with Crippen molar-refractivity contribution in [3.05, 3.63) is 54.1 Å². The molecule has 2 N–H and O–H groups in total. The van der Waals surface area contributed by atoms with Gasteiger partial charge in [-0.05, 0) is 44.2 Å². The number of anilines is 2. The number of benzene rings is 2. The lowest BCUT2D eigenvalue weighted by atomic mass is 9.90. The molecule has 0 fully saturated rings. The zero-order chi connectivity index (χ0) is 18.4. The van der Waals surface area contributed by atoms with Crippen LogP contribution in [0.15, 0.2) is 48.5 Å². The van der Waals surface area contributed by atoms with Crippen molar-refractivity contribution in [2.75, 3.05) is 17.7 Å². The summed E-state index contributed by atoms with van der Waals surface area (Å²) >= 11 is 0. The van der Waals surface area contributed by atoms with Crippen molar-refractivity contribution in [1.82, 2.24) is 0 Å². The van der Waals surface area contributed by atoms with Crippen LogP contribution in [0.3, 0.4) is 0 Å². The van der Waals surface area contributed by atoms with Gasteiger partial charge in [0.15, 0.2) is 0 Å². The maximum absolute atomic E-state index is 12.5. The summed E-state index contributed by atoms with van der Waals surface area (Å²) in [6.45, 7) is 3.07. The number of nitrogens with one attached hydrogen (secondary N) is 2. The largest absolute Gasteiger partial charge is 0.497 e. The highest BCUT2D eigenvalue weighted by Crippen LogP contribution is 2.23. The van der Waals surface area contributed by atoms with Crippen molar-refractivity contribution < 1.29 is 14.3 Å². The number of hydrogen-bond donors (Lipinski definition) is 2. The molecule has 0 saturated carbocycles. The molecule has 2 aromatic carbocycles. The van der Waals surface area contributed by atoms with Gasteiger partial charge in [0, 0.05) is 17.4 Å². The minimum atomic E-state index is -1.31. The zero-order valence-corrected chi connectivity index (χ0v) is 14.3. The second-order valence-corrected chi connectivity index (χ2v) is 5.96. The Labute approximate surface area is 146 Å². The molecule has 0 unspecified atom stereocenters. The molecule has 128 valence electrons. The van der Waals surface area contributed by atoms with E-state index in [9.17, 15) is 9.59 Å². The van der Waals surface area contributed by atoms with Gasteiger partial charge in [0.25, 0.3) is 0 Å². The molecule has 2 aromatic rings. The molecular formula is C19H19N3O3. The third kappa shape index (κ3) is 4.36. The van der Waals surface area contributed by atoms with Crippen LogP contribution in [0, 0.1) is 16.7 Å². The standard InChI is InChI=1S/C19H19N3O3/c1-19(2,17(23)21-14-7-4-6-13(10-14)12-20)18(24)22-15-8-5-9-16(11-15)25-3/h4-11H,1-3H3,(H,21,23)(H,22,24). The Balaban J connectivity index is 2.11. The minimum absolute atomic E-state index is 0.427. The van der Waals surface area contributed by atoms with Crippen LogP contribution in [0.25, 0.3) is 0 Å². The van der Waals surface area contributed by atoms with Crippen LogP contribution >= 0.6 is 0 Å². The smallest absolute Gasteiger partial charge is 0.239 e. The van der Waals surface area contributed by atoms with Gasteiger partial charge in [-0.25, -0.2) is 0 Å². The van der Waals surface area contributed by atoms with Crippen LogP contribution in [0.1, 0.15) is 19.4 Å². The van der Waals surface area contributed by atoms with Gasteiger partial charge < -0.3 is 15.4 Å². The van der Waals surface area contributed by atoms with Gasteiger partial charge in [0.1, 0.15) is 11.2 Å². The topological polar surface area (TPSA) is 91.2 Å². The molecule has 0 aliphatic heterocycles. The summed E-state index contributed by atoms with van der Waals surface area (Å²) in [7, 11) is 1.54. The summed E-state index contributed by atoms with van der Waals surface area (Å²) in [5, 5.41) is 14.3. The molecule has 6 nitrogen and oxygen atoms in total. The summed E-state index contributed by atoms with van der Waals surface area (Å²) in [6.07, 6.45) is 0. The lowest BCUT2D eigenvalue weighted by molar-refractivity contribution is -0.135. The first-order chi connectivity index (χ1) is 11.9. The Bertz CT molecular complexity index is 838. The van der Waals surface area contributed by atoms with Crippen molar-refractivity contribution in [2.45, 2.75) is 13.8 Å². The maximum Gasteiger partial charge on any atom is 0.239 e. The van der Waals surface area contributed by atoms with Crippen molar-refractivity contribution in [3.63, 3.8) is 0 Å². The number of hydrogen-bond acceptors (Lipinski definition) is 4. The lowest BCUT2D eigenvalue weighted by Crippen LogP contribution is -2.41. The number of rotatable bonds is 5. The van der Waals surface area contributed by atoms with Crippen LogP contribution in [0.4, 0.5) is 11.4 Å². The van der Waals surface area contributed by atoms with E-state index in [0.29, 0.717) is 22.7 Å². The fourth-order valence-corrected chi connectivity index (χ4v) is 2.05. The van der Waals surface area contributed by atoms with E-state index in [1.165, 1.54) is 21.0 Å². The average Bonchev–Trinajstić information content (AvgIpc) is 2.61. The fraction of sp³-hybridized carbons (Fsp3) is 0.211. The molecule has 0 aromatic heterocycles. The van der Waals surface area contributed by atoms with E-state index in [2.05, 4.69) is 10.6 Å². The van der Waals surface area contributed by atoms with Gasteiger partial charge in [-0.3, -0.25) is 9.59 Å². The molecule has 2 amide bonds. The molecule has 0 radical (unpaired) electrons. The molecule has 2 rings (SSSR count).